The molecule has 10 heteroatoms. The number of benzene rings is 1. The predicted molar refractivity (Wildman–Crippen MR) is 86.7 cm³/mol. The minimum absolute atomic E-state index is 0.00570. The lowest BCUT2D eigenvalue weighted by Crippen LogP contribution is -2.50. The molecule has 1 aromatic rings. The van der Waals surface area contributed by atoms with Crippen LogP contribution < -0.4 is 0 Å². The summed E-state index contributed by atoms with van der Waals surface area (Å²) in [4.78, 5) is 27.1. The number of carbonyl (C=O) groups excluding carboxylic acids is 1. The van der Waals surface area contributed by atoms with Crippen LogP contribution in [0.2, 0.25) is 5.02 Å². The van der Waals surface area contributed by atoms with Gasteiger partial charge >= 0.3 is 5.97 Å². The topological polar surface area (TPSA) is 148 Å². The van der Waals surface area contributed by atoms with Crippen molar-refractivity contribution in [3.8, 4) is 0 Å². The first kappa shape index (κ1) is 17.5. The number of aliphatic hydroxyl groups is 4. The van der Waals surface area contributed by atoms with E-state index < -0.39 is 42.1 Å². The highest BCUT2D eigenvalue weighted by Crippen LogP contribution is 2.42. The minimum atomic E-state index is -2.43. The van der Waals surface area contributed by atoms with Gasteiger partial charge in [0.2, 0.25) is 0 Å². The van der Waals surface area contributed by atoms with Crippen molar-refractivity contribution in [2.75, 3.05) is 0 Å². The van der Waals surface area contributed by atoms with Gasteiger partial charge in [0.15, 0.2) is 11.9 Å². The highest BCUT2D eigenvalue weighted by molar-refractivity contribution is 9.10. The lowest BCUT2D eigenvalue weighted by Gasteiger charge is -2.25. The summed E-state index contributed by atoms with van der Waals surface area (Å²) in [5, 5.41) is 47.2. The van der Waals surface area contributed by atoms with Crippen molar-refractivity contribution < 1.29 is 36.5 Å². The van der Waals surface area contributed by atoms with Gasteiger partial charge in [0.25, 0.3) is 0 Å². The minimum Gasteiger partial charge on any atom is -0.479 e. The molecule has 5 N–H and O–H groups in total. The maximum absolute atomic E-state index is 12.5. The average molecular weight is 424 g/mol. The van der Waals surface area contributed by atoms with Crippen LogP contribution in [0.3, 0.4) is 0 Å². The van der Waals surface area contributed by atoms with Crippen LogP contribution in [0.4, 0.5) is 5.69 Å². The second-order valence-electron chi connectivity index (χ2n) is 5.00. The van der Waals surface area contributed by atoms with Crippen molar-refractivity contribution in [1.82, 2.24) is 0 Å². The van der Waals surface area contributed by atoms with Crippen molar-refractivity contribution in [3.63, 3.8) is 0 Å². The van der Waals surface area contributed by atoms with Crippen molar-refractivity contribution in [2.24, 2.45) is 4.99 Å². The number of Topliss-reactive ketones (excluding diaryl/α,β-unsaturated/α-hetero) is 1. The third-order valence-electron chi connectivity index (χ3n) is 3.46. The Balaban J connectivity index is 2.35. The fourth-order valence-corrected chi connectivity index (χ4v) is 2.72. The Morgan fingerprint density at radius 2 is 1.79 bits per heavy atom. The number of carboxylic acid groups (broad SMARTS) is 1. The first-order valence-electron chi connectivity index (χ1n) is 7.05. The summed E-state index contributed by atoms with van der Waals surface area (Å²) in [6.07, 6.45) is -8.58. The third-order valence-corrected chi connectivity index (χ3v) is 4.74. The molecule has 0 aromatic heterocycles. The van der Waals surface area contributed by atoms with Crippen LogP contribution in [0.5, 0.6) is 0 Å². The molecule has 0 saturated carbocycles. The molecule has 0 radical (unpaired) electrons. The molecule has 130 valence electrons. The fourth-order valence-electron chi connectivity index (χ4n) is 2.12. The summed E-state index contributed by atoms with van der Waals surface area (Å²) in [6, 6.07) is 3.03. The Hall–Kier alpha value is -1.36. The summed E-state index contributed by atoms with van der Waals surface area (Å²) in [6.45, 7) is 0. The number of carboxylic acids is 1. The van der Waals surface area contributed by atoms with Crippen molar-refractivity contribution in [1.29, 1.82) is 0 Å². The zero-order valence-corrected chi connectivity index (χ0v) is 14.1. The predicted octanol–water partition coefficient (Wildman–Crippen LogP) is -0.000700. The second kappa shape index (κ2) is 7.26. The maximum atomic E-state index is 12.5. The molecule has 2 rings (SSSR count). The summed E-state index contributed by atoms with van der Waals surface area (Å²) in [5.74, 6) is -5.41. The van der Waals surface area contributed by atoms with E-state index >= 15 is 0 Å². The van der Waals surface area contributed by atoms with E-state index in [1.54, 1.807) is 6.07 Å². The average Bonchev–Trinajstić information content (AvgIpc) is 2.93. The first-order chi connectivity index (χ1) is 11.5. The first-order valence-corrected chi connectivity index (χ1v) is 7.72. The molecule has 1 aliphatic rings. The van der Waals surface area contributed by atoms with E-state index in [1.165, 1.54) is 6.07 Å². The van der Waals surface area contributed by atoms with E-state index in [0.29, 0.717) is 4.47 Å². The zero-order valence-electron chi connectivity index (χ0n) is 12.8. The normalized spacial score (nSPS) is 24.7. The van der Waals surface area contributed by atoms with Crippen LogP contribution in [-0.4, -0.2) is 67.9 Å². The summed E-state index contributed by atoms with van der Waals surface area (Å²) < 4.78 is 8.70. The molecule has 0 spiro atoms. The fraction of sp³-hybridized carbons (Fsp3) is 0.357. The van der Waals surface area contributed by atoms with Gasteiger partial charge in [0, 0.05) is 17.6 Å². The van der Waals surface area contributed by atoms with Gasteiger partial charge in [-0.2, -0.15) is 0 Å². The number of nitrogens with zero attached hydrogens (tertiary/aromatic N) is 1. The van der Waals surface area contributed by atoms with E-state index in [4.69, 9.17) is 18.1 Å². The molecular formula is C14H13BrClNO7. The van der Waals surface area contributed by atoms with E-state index in [0.717, 1.165) is 6.21 Å². The number of aliphatic carboxylic acids is 1. The Morgan fingerprint density at radius 3 is 2.38 bits per heavy atom. The SMILES string of the molecule is [2H]C1(C(=O)[C@H](O)[C@@H](O)[C@H](O)[C@H](O)C(=O)O)C=Nc2ccc(Br)c(Cl)c21. The highest BCUT2D eigenvalue weighted by Gasteiger charge is 2.41. The summed E-state index contributed by atoms with van der Waals surface area (Å²) in [7, 11) is 0. The van der Waals surface area contributed by atoms with Crippen LogP contribution in [0.1, 0.15) is 12.8 Å². The Bertz CT molecular complexity index is 761. The van der Waals surface area contributed by atoms with Crippen LogP contribution in [0.15, 0.2) is 21.6 Å². The van der Waals surface area contributed by atoms with Crippen molar-refractivity contribution in [3.05, 3.63) is 27.2 Å². The molecule has 8 nitrogen and oxygen atoms in total. The quantitative estimate of drug-likeness (QED) is 0.432. The summed E-state index contributed by atoms with van der Waals surface area (Å²) in [5.41, 5.74) is 0.178. The number of fused-ring (bicyclic) bond motifs is 1. The van der Waals surface area contributed by atoms with Crippen molar-refractivity contribution in [2.45, 2.75) is 30.3 Å². The Labute approximate surface area is 150 Å². The molecule has 0 saturated heterocycles. The number of aliphatic imine (C=N–C) groups is 1. The number of hydrogen-bond donors (Lipinski definition) is 5. The molecule has 24 heavy (non-hydrogen) atoms. The molecule has 1 heterocycles. The number of ketones is 1. The molecule has 0 aliphatic carbocycles. The number of hydrogen-bond acceptors (Lipinski definition) is 7. The van der Waals surface area contributed by atoms with Crippen LogP contribution in [0, 0.1) is 0 Å². The smallest absolute Gasteiger partial charge is 0.335 e. The Kier molecular flexibility index (Phi) is 5.28. The standard InChI is InChI=1S/C14H13BrClNO7/c15-5-1-2-6-7(8(5)16)4(3-17-6)9(18)10(19)11(20)12(21)13(22)14(23)24/h1-4,10-13,19-22H,(H,23,24)/t4?,10-,11+,12-,13-/m0/s1/i4D. The molecule has 0 bridgehead atoms. The van der Waals surface area contributed by atoms with Gasteiger partial charge in [0.05, 0.1) is 16.6 Å². The van der Waals surface area contributed by atoms with Gasteiger partial charge in [-0.05, 0) is 28.1 Å². The molecule has 1 aromatic carbocycles. The zero-order chi connectivity index (χ0) is 19.1. The largest absolute Gasteiger partial charge is 0.479 e. The Morgan fingerprint density at radius 1 is 1.21 bits per heavy atom. The number of carbonyl (C=O) groups is 2. The molecule has 1 unspecified atom stereocenters. The monoisotopic (exact) mass is 422 g/mol. The van der Waals surface area contributed by atoms with Crippen molar-refractivity contribution >= 4 is 51.2 Å². The molecule has 0 fully saturated rings. The number of rotatable bonds is 6. The van der Waals surface area contributed by atoms with Gasteiger partial charge in [0.1, 0.15) is 18.3 Å². The van der Waals surface area contributed by atoms with Gasteiger partial charge < -0.3 is 25.5 Å². The third kappa shape index (κ3) is 3.37. The number of aliphatic hydroxyl groups excluding tert-OH is 4. The van der Waals surface area contributed by atoms with Gasteiger partial charge in [-0.3, -0.25) is 9.79 Å². The summed E-state index contributed by atoms with van der Waals surface area (Å²) >= 11 is 9.24. The van der Waals surface area contributed by atoms with Crippen LogP contribution >= 0.6 is 27.5 Å². The maximum Gasteiger partial charge on any atom is 0.335 e. The van der Waals surface area contributed by atoms with E-state index in [2.05, 4.69) is 20.9 Å². The molecule has 1 aliphatic heterocycles. The van der Waals surface area contributed by atoms with E-state index in [-0.39, 0.29) is 16.3 Å². The lowest BCUT2D eigenvalue weighted by atomic mass is 9.89. The van der Waals surface area contributed by atoms with Gasteiger partial charge in [-0.25, -0.2) is 4.79 Å². The highest BCUT2D eigenvalue weighted by atomic mass is 79.9. The van der Waals surface area contributed by atoms with Crippen LogP contribution in [0.25, 0.3) is 0 Å². The number of halogens is 2. The molecule has 5 atom stereocenters. The van der Waals surface area contributed by atoms with Crippen LogP contribution in [-0.2, 0) is 9.59 Å². The van der Waals surface area contributed by atoms with Gasteiger partial charge in [-0.15, -0.1) is 0 Å². The molecule has 0 amide bonds. The van der Waals surface area contributed by atoms with Gasteiger partial charge in [-0.1, -0.05) is 11.6 Å². The second-order valence-corrected chi connectivity index (χ2v) is 6.23. The lowest BCUT2D eigenvalue weighted by molar-refractivity contribution is -0.165. The molecular weight excluding hydrogens is 410 g/mol. The van der Waals surface area contributed by atoms with E-state index in [1.807, 2.05) is 0 Å². The van der Waals surface area contributed by atoms with E-state index in [9.17, 15) is 30.0 Å².